The fraction of sp³-hybridized carbons (Fsp3) is 1.00. The highest BCUT2D eigenvalue weighted by atomic mass is 16.6. The van der Waals surface area contributed by atoms with E-state index in [1.165, 1.54) is 0 Å². The van der Waals surface area contributed by atoms with Crippen molar-refractivity contribution >= 4 is 0 Å². The van der Waals surface area contributed by atoms with Crippen molar-refractivity contribution in [1.82, 2.24) is 0 Å². The first-order valence-corrected chi connectivity index (χ1v) is 2.75. The SMILES string of the molecule is OCC[C@H](O)[C@H]1CO1. The molecule has 3 nitrogen and oxygen atoms in total. The first kappa shape index (κ1) is 6.01. The molecule has 48 valence electrons. The van der Waals surface area contributed by atoms with E-state index in [0.29, 0.717) is 13.0 Å². The summed E-state index contributed by atoms with van der Waals surface area (Å²) in [6.07, 6.45) is 0.00662. The van der Waals surface area contributed by atoms with Crippen molar-refractivity contribution in [2.75, 3.05) is 13.2 Å². The van der Waals surface area contributed by atoms with Crippen LogP contribution < -0.4 is 0 Å². The first-order chi connectivity index (χ1) is 3.84. The van der Waals surface area contributed by atoms with Gasteiger partial charge in [-0.25, -0.2) is 0 Å². The van der Waals surface area contributed by atoms with Gasteiger partial charge in [-0.3, -0.25) is 0 Å². The van der Waals surface area contributed by atoms with E-state index >= 15 is 0 Å². The lowest BCUT2D eigenvalue weighted by atomic mass is 10.2. The number of epoxide rings is 1. The standard InChI is InChI=1S/C5H10O3/c6-2-1-4(7)5-3-8-5/h4-7H,1-3H2/t4-,5+/m0/s1. The molecule has 0 aromatic heterocycles. The van der Waals surface area contributed by atoms with Gasteiger partial charge in [0.05, 0.1) is 12.7 Å². The van der Waals surface area contributed by atoms with Crippen molar-refractivity contribution in [2.24, 2.45) is 0 Å². The fourth-order valence-corrected chi connectivity index (χ4v) is 0.596. The molecule has 8 heavy (non-hydrogen) atoms. The summed E-state index contributed by atoms with van der Waals surface area (Å²) in [6, 6.07) is 0. The van der Waals surface area contributed by atoms with Crippen molar-refractivity contribution in [1.29, 1.82) is 0 Å². The van der Waals surface area contributed by atoms with Crippen molar-refractivity contribution < 1.29 is 14.9 Å². The summed E-state index contributed by atoms with van der Waals surface area (Å²) >= 11 is 0. The van der Waals surface area contributed by atoms with Crippen LogP contribution in [-0.2, 0) is 4.74 Å². The number of rotatable bonds is 3. The van der Waals surface area contributed by atoms with Crippen molar-refractivity contribution in [2.45, 2.75) is 18.6 Å². The minimum atomic E-state index is -0.444. The fourth-order valence-electron chi connectivity index (χ4n) is 0.596. The van der Waals surface area contributed by atoms with Gasteiger partial charge in [0.15, 0.2) is 0 Å². The molecule has 2 atom stereocenters. The number of hydrogen-bond donors (Lipinski definition) is 2. The lowest BCUT2D eigenvalue weighted by Crippen LogP contribution is -2.15. The van der Waals surface area contributed by atoms with Gasteiger partial charge in [-0.1, -0.05) is 0 Å². The van der Waals surface area contributed by atoms with E-state index in [2.05, 4.69) is 0 Å². The first-order valence-electron chi connectivity index (χ1n) is 2.75. The molecule has 0 amide bonds. The van der Waals surface area contributed by atoms with Gasteiger partial charge in [-0.2, -0.15) is 0 Å². The van der Waals surface area contributed by atoms with Crippen LogP contribution in [0.1, 0.15) is 6.42 Å². The van der Waals surface area contributed by atoms with Crippen LogP contribution in [0, 0.1) is 0 Å². The smallest absolute Gasteiger partial charge is 0.107 e. The maximum atomic E-state index is 8.90. The molecule has 1 rings (SSSR count). The molecule has 0 aromatic rings. The third kappa shape index (κ3) is 1.43. The third-order valence-electron chi connectivity index (χ3n) is 1.21. The minimum absolute atomic E-state index is 0.0159. The molecule has 1 saturated heterocycles. The van der Waals surface area contributed by atoms with E-state index in [0.717, 1.165) is 0 Å². The molecule has 1 aliphatic heterocycles. The molecule has 1 heterocycles. The maximum Gasteiger partial charge on any atom is 0.107 e. The zero-order chi connectivity index (χ0) is 5.98. The van der Waals surface area contributed by atoms with Crippen LogP contribution >= 0.6 is 0 Å². The number of hydrogen-bond acceptors (Lipinski definition) is 3. The summed E-state index contributed by atoms with van der Waals surface area (Å²) < 4.78 is 4.76. The van der Waals surface area contributed by atoms with Gasteiger partial charge in [0, 0.05) is 6.61 Å². The van der Waals surface area contributed by atoms with Crippen LogP contribution in [-0.4, -0.2) is 35.6 Å². The van der Waals surface area contributed by atoms with Gasteiger partial charge in [0.1, 0.15) is 6.10 Å². The van der Waals surface area contributed by atoms with Gasteiger partial charge >= 0.3 is 0 Å². The Labute approximate surface area is 47.9 Å². The van der Waals surface area contributed by atoms with Gasteiger partial charge in [0.25, 0.3) is 0 Å². The predicted molar refractivity (Wildman–Crippen MR) is 27.4 cm³/mol. The summed E-state index contributed by atoms with van der Waals surface area (Å²) in [5.74, 6) is 0. The summed E-state index contributed by atoms with van der Waals surface area (Å²) in [4.78, 5) is 0. The second-order valence-electron chi connectivity index (χ2n) is 1.95. The third-order valence-corrected chi connectivity index (χ3v) is 1.21. The van der Waals surface area contributed by atoms with Crippen LogP contribution in [0.25, 0.3) is 0 Å². The second kappa shape index (κ2) is 2.44. The molecule has 0 saturated carbocycles. The van der Waals surface area contributed by atoms with Crippen LogP contribution in [0.5, 0.6) is 0 Å². The van der Waals surface area contributed by atoms with Gasteiger partial charge in [-0.15, -0.1) is 0 Å². The van der Waals surface area contributed by atoms with Crippen molar-refractivity contribution in [3.63, 3.8) is 0 Å². The quantitative estimate of drug-likeness (QED) is 0.473. The molecule has 0 aromatic carbocycles. The van der Waals surface area contributed by atoms with Gasteiger partial charge in [-0.05, 0) is 6.42 Å². The lowest BCUT2D eigenvalue weighted by Gasteiger charge is -2.01. The average molecular weight is 118 g/mol. The zero-order valence-corrected chi connectivity index (χ0v) is 4.58. The zero-order valence-electron chi connectivity index (χ0n) is 4.58. The molecule has 3 heteroatoms. The summed E-state index contributed by atoms with van der Waals surface area (Å²) in [6.45, 7) is 0.697. The summed E-state index contributed by atoms with van der Waals surface area (Å²) in [5.41, 5.74) is 0. The van der Waals surface area contributed by atoms with E-state index in [1.807, 2.05) is 0 Å². The molecule has 1 fully saturated rings. The molecule has 0 spiro atoms. The Morgan fingerprint density at radius 3 is 2.75 bits per heavy atom. The lowest BCUT2D eigenvalue weighted by molar-refractivity contribution is 0.103. The molecular formula is C5H10O3. The normalized spacial score (nSPS) is 30.0. The Bertz CT molecular complexity index is 70.1. The Morgan fingerprint density at radius 1 is 1.75 bits per heavy atom. The molecule has 2 N–H and O–H groups in total. The number of aliphatic hydroxyl groups excluding tert-OH is 2. The molecular weight excluding hydrogens is 108 g/mol. The second-order valence-corrected chi connectivity index (χ2v) is 1.95. The van der Waals surface area contributed by atoms with Crippen LogP contribution in [0.3, 0.4) is 0 Å². The highest BCUT2D eigenvalue weighted by Gasteiger charge is 2.30. The Morgan fingerprint density at radius 2 is 2.38 bits per heavy atom. The highest BCUT2D eigenvalue weighted by molar-refractivity contribution is 4.77. The summed E-state index contributed by atoms with van der Waals surface area (Å²) in [7, 11) is 0. The minimum Gasteiger partial charge on any atom is -0.396 e. The van der Waals surface area contributed by atoms with E-state index in [-0.39, 0.29) is 12.7 Å². The predicted octanol–water partition coefficient (Wildman–Crippen LogP) is -0.872. The highest BCUT2D eigenvalue weighted by Crippen LogP contribution is 2.15. The summed E-state index contributed by atoms with van der Waals surface area (Å²) in [5, 5.41) is 17.2. The average Bonchev–Trinajstić information content (AvgIpc) is 2.45. The van der Waals surface area contributed by atoms with E-state index in [9.17, 15) is 0 Å². The number of aliphatic hydroxyl groups is 2. The van der Waals surface area contributed by atoms with Crippen LogP contribution in [0.15, 0.2) is 0 Å². The van der Waals surface area contributed by atoms with E-state index in [1.54, 1.807) is 0 Å². The van der Waals surface area contributed by atoms with E-state index < -0.39 is 6.10 Å². The largest absolute Gasteiger partial charge is 0.396 e. The monoisotopic (exact) mass is 118 g/mol. The van der Waals surface area contributed by atoms with Gasteiger partial charge in [0.2, 0.25) is 0 Å². The Kier molecular flexibility index (Phi) is 1.83. The molecule has 0 aliphatic carbocycles. The maximum absolute atomic E-state index is 8.90. The number of ether oxygens (including phenoxy) is 1. The Hall–Kier alpha value is -0.120. The molecule has 0 radical (unpaired) electrons. The molecule has 1 aliphatic rings. The topological polar surface area (TPSA) is 53.0 Å². The van der Waals surface area contributed by atoms with Crippen molar-refractivity contribution in [3.05, 3.63) is 0 Å². The van der Waals surface area contributed by atoms with Crippen LogP contribution in [0.4, 0.5) is 0 Å². The Balaban J connectivity index is 2.03. The van der Waals surface area contributed by atoms with Crippen molar-refractivity contribution in [3.8, 4) is 0 Å². The molecule has 0 bridgehead atoms. The van der Waals surface area contributed by atoms with Crippen LogP contribution in [0.2, 0.25) is 0 Å². The van der Waals surface area contributed by atoms with E-state index in [4.69, 9.17) is 14.9 Å². The molecule has 0 unspecified atom stereocenters. The van der Waals surface area contributed by atoms with Gasteiger partial charge < -0.3 is 14.9 Å².